The Labute approximate surface area is 74.8 Å². The summed E-state index contributed by atoms with van der Waals surface area (Å²) >= 11 is 0. The summed E-state index contributed by atoms with van der Waals surface area (Å²) in [6.07, 6.45) is 3.04. The first-order chi connectivity index (χ1) is 6.29. The van der Waals surface area contributed by atoms with Crippen LogP contribution in [0.5, 0.6) is 0 Å². The lowest BCUT2D eigenvalue weighted by molar-refractivity contribution is 0.594. The number of hydrogen-bond acceptors (Lipinski definition) is 2. The predicted molar refractivity (Wildman–Crippen MR) is 46.1 cm³/mol. The monoisotopic (exact) mass is 177 g/mol. The first kappa shape index (κ1) is 7.91. The number of aromatic nitrogens is 3. The van der Waals surface area contributed by atoms with Crippen molar-refractivity contribution >= 4 is 0 Å². The van der Waals surface area contributed by atoms with Crippen molar-refractivity contribution in [2.75, 3.05) is 0 Å². The summed E-state index contributed by atoms with van der Waals surface area (Å²) in [6, 6.07) is 4.88. The lowest BCUT2D eigenvalue weighted by Crippen LogP contribution is -2.03. The Morgan fingerprint density at radius 3 is 2.54 bits per heavy atom. The van der Waals surface area contributed by atoms with Gasteiger partial charge in [0.1, 0.15) is 5.69 Å². The quantitative estimate of drug-likeness (QED) is 0.664. The molecule has 1 heterocycles. The number of para-hydroxylation sites is 1. The molecule has 13 heavy (non-hydrogen) atoms. The summed E-state index contributed by atoms with van der Waals surface area (Å²) in [6.45, 7) is 1.82. The molecule has 0 aliphatic heterocycles. The van der Waals surface area contributed by atoms with Crippen LogP contribution in [0, 0.1) is 12.7 Å². The molecular weight excluding hydrogens is 169 g/mol. The van der Waals surface area contributed by atoms with Gasteiger partial charge in [-0.3, -0.25) is 0 Å². The second kappa shape index (κ2) is 2.97. The zero-order chi connectivity index (χ0) is 9.26. The second-order valence-electron chi connectivity index (χ2n) is 2.72. The van der Waals surface area contributed by atoms with E-state index in [-0.39, 0.29) is 5.82 Å². The van der Waals surface area contributed by atoms with Gasteiger partial charge in [0.05, 0.1) is 12.4 Å². The first-order valence-corrected chi connectivity index (χ1v) is 3.91. The summed E-state index contributed by atoms with van der Waals surface area (Å²) in [7, 11) is 0. The number of hydrogen-bond donors (Lipinski definition) is 0. The lowest BCUT2D eigenvalue weighted by atomic mass is 10.2. The standard InChI is InChI=1S/C9H8FN3/c1-7-3-2-4-8(10)9(7)13-11-5-6-12-13/h2-6H,1H3. The van der Waals surface area contributed by atoms with Crippen molar-refractivity contribution in [3.05, 3.63) is 42.0 Å². The molecule has 2 rings (SSSR count). The number of aryl methyl sites for hydroxylation is 1. The molecule has 2 aromatic rings. The molecule has 0 aliphatic rings. The lowest BCUT2D eigenvalue weighted by Gasteiger charge is -2.04. The summed E-state index contributed by atoms with van der Waals surface area (Å²) in [5.41, 5.74) is 1.23. The van der Waals surface area contributed by atoms with E-state index >= 15 is 0 Å². The normalized spacial score (nSPS) is 10.3. The largest absolute Gasteiger partial charge is 0.205 e. The van der Waals surface area contributed by atoms with E-state index in [9.17, 15) is 4.39 Å². The van der Waals surface area contributed by atoms with Gasteiger partial charge in [-0.15, -0.1) is 4.80 Å². The van der Waals surface area contributed by atoms with Gasteiger partial charge in [0.25, 0.3) is 0 Å². The van der Waals surface area contributed by atoms with E-state index in [1.807, 2.05) is 13.0 Å². The van der Waals surface area contributed by atoms with Gasteiger partial charge in [-0.05, 0) is 18.6 Å². The highest BCUT2D eigenvalue weighted by atomic mass is 19.1. The second-order valence-corrected chi connectivity index (χ2v) is 2.72. The van der Waals surface area contributed by atoms with Crippen molar-refractivity contribution in [3.8, 4) is 5.69 Å². The number of benzene rings is 1. The highest BCUT2D eigenvalue weighted by Crippen LogP contribution is 2.15. The average molecular weight is 177 g/mol. The maximum Gasteiger partial charge on any atom is 0.150 e. The number of nitrogens with zero attached hydrogens (tertiary/aromatic N) is 3. The van der Waals surface area contributed by atoms with Crippen LogP contribution < -0.4 is 0 Å². The van der Waals surface area contributed by atoms with Crippen LogP contribution in [0.1, 0.15) is 5.56 Å². The Morgan fingerprint density at radius 1 is 1.23 bits per heavy atom. The van der Waals surface area contributed by atoms with Crippen LogP contribution in [0.4, 0.5) is 4.39 Å². The van der Waals surface area contributed by atoms with Gasteiger partial charge in [0.15, 0.2) is 5.82 Å². The fourth-order valence-electron chi connectivity index (χ4n) is 1.21. The van der Waals surface area contributed by atoms with E-state index in [0.29, 0.717) is 5.69 Å². The molecule has 3 nitrogen and oxygen atoms in total. The van der Waals surface area contributed by atoms with Crippen LogP contribution in [0.15, 0.2) is 30.6 Å². The summed E-state index contributed by atoms with van der Waals surface area (Å²) in [5.74, 6) is -0.309. The summed E-state index contributed by atoms with van der Waals surface area (Å²) in [5, 5.41) is 7.75. The van der Waals surface area contributed by atoms with Crippen LogP contribution in [0.3, 0.4) is 0 Å². The molecule has 0 bridgehead atoms. The first-order valence-electron chi connectivity index (χ1n) is 3.91. The molecule has 0 saturated heterocycles. The fraction of sp³-hybridized carbons (Fsp3) is 0.111. The molecule has 4 heteroatoms. The van der Waals surface area contributed by atoms with Gasteiger partial charge in [0, 0.05) is 0 Å². The molecular formula is C9H8FN3. The van der Waals surface area contributed by atoms with Crippen LogP contribution >= 0.6 is 0 Å². The minimum Gasteiger partial charge on any atom is -0.205 e. The van der Waals surface area contributed by atoms with E-state index in [0.717, 1.165) is 5.56 Å². The number of rotatable bonds is 1. The van der Waals surface area contributed by atoms with Gasteiger partial charge >= 0.3 is 0 Å². The molecule has 0 unspecified atom stereocenters. The molecule has 0 atom stereocenters. The zero-order valence-corrected chi connectivity index (χ0v) is 7.11. The van der Waals surface area contributed by atoms with Gasteiger partial charge in [-0.1, -0.05) is 12.1 Å². The summed E-state index contributed by atoms with van der Waals surface area (Å²) < 4.78 is 13.3. The third-order valence-corrected chi connectivity index (χ3v) is 1.81. The highest BCUT2D eigenvalue weighted by Gasteiger charge is 2.07. The topological polar surface area (TPSA) is 30.7 Å². The fourth-order valence-corrected chi connectivity index (χ4v) is 1.21. The molecule has 0 radical (unpaired) electrons. The molecule has 0 aliphatic carbocycles. The SMILES string of the molecule is Cc1cccc(F)c1-n1nccn1. The molecule has 0 amide bonds. The number of halogens is 1. The Hall–Kier alpha value is -1.71. The molecule has 0 fully saturated rings. The predicted octanol–water partition coefficient (Wildman–Crippen LogP) is 1.71. The minimum absolute atomic E-state index is 0.309. The Balaban J connectivity index is 2.64. The molecule has 66 valence electrons. The molecule has 1 aromatic carbocycles. The Bertz CT molecular complexity index is 389. The van der Waals surface area contributed by atoms with E-state index in [1.54, 1.807) is 6.07 Å². The molecule has 0 spiro atoms. The van der Waals surface area contributed by atoms with E-state index < -0.39 is 0 Å². The van der Waals surface area contributed by atoms with Crippen molar-refractivity contribution in [2.45, 2.75) is 6.92 Å². The van der Waals surface area contributed by atoms with E-state index in [4.69, 9.17) is 0 Å². The molecule has 0 saturated carbocycles. The molecule has 0 N–H and O–H groups in total. The third-order valence-electron chi connectivity index (χ3n) is 1.81. The van der Waals surface area contributed by atoms with Crippen LogP contribution in [-0.2, 0) is 0 Å². The van der Waals surface area contributed by atoms with E-state index in [2.05, 4.69) is 10.2 Å². The van der Waals surface area contributed by atoms with Crippen molar-refractivity contribution in [1.82, 2.24) is 15.0 Å². The minimum atomic E-state index is -0.309. The highest BCUT2D eigenvalue weighted by molar-refractivity contribution is 5.39. The third kappa shape index (κ3) is 1.30. The Kier molecular flexibility index (Phi) is 1.81. The van der Waals surface area contributed by atoms with Gasteiger partial charge in [-0.25, -0.2) is 4.39 Å². The van der Waals surface area contributed by atoms with Gasteiger partial charge in [-0.2, -0.15) is 10.2 Å². The van der Waals surface area contributed by atoms with Crippen LogP contribution in [0.2, 0.25) is 0 Å². The average Bonchev–Trinajstić information content (AvgIpc) is 2.57. The van der Waals surface area contributed by atoms with E-state index in [1.165, 1.54) is 23.3 Å². The van der Waals surface area contributed by atoms with Crippen molar-refractivity contribution < 1.29 is 4.39 Å². The van der Waals surface area contributed by atoms with Crippen molar-refractivity contribution in [1.29, 1.82) is 0 Å². The smallest absolute Gasteiger partial charge is 0.150 e. The van der Waals surface area contributed by atoms with Gasteiger partial charge in [0.2, 0.25) is 0 Å². The van der Waals surface area contributed by atoms with Crippen LogP contribution in [0.25, 0.3) is 5.69 Å². The molecule has 1 aromatic heterocycles. The van der Waals surface area contributed by atoms with Crippen molar-refractivity contribution in [2.24, 2.45) is 0 Å². The summed E-state index contributed by atoms with van der Waals surface area (Å²) in [4.78, 5) is 1.28. The van der Waals surface area contributed by atoms with Crippen LogP contribution in [-0.4, -0.2) is 15.0 Å². The maximum absolute atomic E-state index is 13.3. The van der Waals surface area contributed by atoms with Gasteiger partial charge < -0.3 is 0 Å². The zero-order valence-electron chi connectivity index (χ0n) is 7.11. The maximum atomic E-state index is 13.3. The Morgan fingerprint density at radius 2 is 1.92 bits per heavy atom. The van der Waals surface area contributed by atoms with Crippen molar-refractivity contribution in [3.63, 3.8) is 0 Å².